The molecule has 130 valence electrons. The zero-order valence-electron chi connectivity index (χ0n) is 14.6. The molecule has 0 spiro atoms. The van der Waals surface area contributed by atoms with E-state index in [2.05, 4.69) is 51.8 Å². The van der Waals surface area contributed by atoms with E-state index in [9.17, 15) is 0 Å². The van der Waals surface area contributed by atoms with Gasteiger partial charge in [0.1, 0.15) is 0 Å². The second kappa shape index (κ2) is 7.14. The van der Waals surface area contributed by atoms with Crippen molar-refractivity contribution in [3.8, 4) is 10.6 Å². The lowest BCUT2D eigenvalue weighted by Gasteiger charge is -2.30. The van der Waals surface area contributed by atoms with E-state index >= 15 is 0 Å². The zero-order chi connectivity index (χ0) is 17.2. The predicted molar refractivity (Wildman–Crippen MR) is 108 cm³/mol. The van der Waals surface area contributed by atoms with Crippen LogP contribution in [0.15, 0.2) is 29.6 Å². The lowest BCUT2D eigenvalue weighted by atomic mass is 10.1. The monoisotopic (exact) mass is 370 g/mol. The van der Waals surface area contributed by atoms with E-state index in [0.29, 0.717) is 0 Å². The second-order valence-electron chi connectivity index (χ2n) is 6.38. The smallest absolute Gasteiger partial charge is 0.187 e. The van der Waals surface area contributed by atoms with Gasteiger partial charge in [-0.3, -0.25) is 0 Å². The number of nitrogens with one attached hydrogen (secondary N) is 1. The molecule has 25 heavy (non-hydrogen) atoms. The summed E-state index contributed by atoms with van der Waals surface area (Å²) in [6.45, 7) is 6.38. The molecule has 1 aromatic carbocycles. The van der Waals surface area contributed by atoms with Crippen LogP contribution in [0, 0.1) is 13.8 Å². The fraction of sp³-hybridized carbons (Fsp3) is 0.368. The molecule has 0 bridgehead atoms. The van der Waals surface area contributed by atoms with Crippen LogP contribution in [0.25, 0.3) is 10.6 Å². The van der Waals surface area contributed by atoms with Crippen LogP contribution in [-0.2, 0) is 0 Å². The summed E-state index contributed by atoms with van der Waals surface area (Å²) in [5, 5.41) is 7.68. The van der Waals surface area contributed by atoms with Gasteiger partial charge >= 0.3 is 0 Å². The normalized spacial score (nSPS) is 14.7. The van der Waals surface area contributed by atoms with Crippen LogP contribution < -0.4 is 10.2 Å². The molecular weight excluding hydrogens is 348 g/mol. The summed E-state index contributed by atoms with van der Waals surface area (Å²) < 4.78 is 0. The van der Waals surface area contributed by atoms with Crippen LogP contribution in [0.1, 0.15) is 30.0 Å². The van der Waals surface area contributed by atoms with Crippen LogP contribution in [-0.4, -0.2) is 23.1 Å². The molecule has 0 saturated carbocycles. The molecule has 1 N–H and O–H groups in total. The molecule has 1 aliphatic rings. The van der Waals surface area contributed by atoms with Gasteiger partial charge in [-0.1, -0.05) is 12.1 Å². The molecule has 2 aromatic heterocycles. The van der Waals surface area contributed by atoms with Crippen LogP contribution in [0.5, 0.6) is 0 Å². The van der Waals surface area contributed by atoms with Crippen LogP contribution in [0.3, 0.4) is 0 Å². The van der Waals surface area contributed by atoms with E-state index in [-0.39, 0.29) is 0 Å². The van der Waals surface area contributed by atoms with E-state index in [0.717, 1.165) is 40.3 Å². The zero-order valence-corrected chi connectivity index (χ0v) is 16.2. The summed E-state index contributed by atoms with van der Waals surface area (Å²) >= 11 is 3.36. The quantitative estimate of drug-likeness (QED) is 0.647. The third-order valence-corrected chi connectivity index (χ3v) is 6.34. The van der Waals surface area contributed by atoms with Gasteiger partial charge in [-0.15, -0.1) is 22.7 Å². The largest absolute Gasteiger partial charge is 0.370 e. The summed E-state index contributed by atoms with van der Waals surface area (Å²) in [6, 6.07) is 8.55. The van der Waals surface area contributed by atoms with Gasteiger partial charge in [0.25, 0.3) is 0 Å². The van der Waals surface area contributed by atoms with Crippen molar-refractivity contribution in [3.05, 3.63) is 40.3 Å². The van der Waals surface area contributed by atoms with Gasteiger partial charge in [0.2, 0.25) is 0 Å². The van der Waals surface area contributed by atoms with Crippen molar-refractivity contribution in [3.63, 3.8) is 0 Å². The number of thiazole rings is 2. The van der Waals surface area contributed by atoms with Crippen molar-refractivity contribution >= 4 is 39.2 Å². The molecule has 6 heteroatoms. The van der Waals surface area contributed by atoms with Crippen molar-refractivity contribution in [2.45, 2.75) is 33.1 Å². The Labute approximate surface area is 156 Å². The number of nitrogens with zero attached hydrogens (tertiary/aromatic N) is 3. The Bertz CT molecular complexity index is 862. The fourth-order valence-electron chi connectivity index (χ4n) is 3.31. The Hall–Kier alpha value is -1.92. The number of aryl methyl sites for hydroxylation is 2. The third kappa shape index (κ3) is 3.55. The second-order valence-corrected chi connectivity index (χ2v) is 8.44. The van der Waals surface area contributed by atoms with E-state index < -0.39 is 0 Å². The molecule has 1 saturated heterocycles. The van der Waals surface area contributed by atoms with Gasteiger partial charge in [0.15, 0.2) is 5.13 Å². The van der Waals surface area contributed by atoms with Crippen molar-refractivity contribution in [1.82, 2.24) is 9.97 Å². The summed E-state index contributed by atoms with van der Waals surface area (Å²) in [4.78, 5) is 13.0. The Morgan fingerprint density at radius 3 is 2.60 bits per heavy atom. The van der Waals surface area contributed by atoms with Crippen LogP contribution >= 0.6 is 22.7 Å². The maximum atomic E-state index is 4.80. The first-order chi connectivity index (χ1) is 12.2. The summed E-state index contributed by atoms with van der Waals surface area (Å²) in [6.07, 6.45) is 3.90. The first kappa shape index (κ1) is 16.5. The minimum atomic E-state index is 0.935. The number of anilines is 3. The Morgan fingerprint density at radius 2 is 1.84 bits per heavy atom. The van der Waals surface area contributed by atoms with Gasteiger partial charge in [0, 0.05) is 18.5 Å². The van der Waals surface area contributed by atoms with Gasteiger partial charge < -0.3 is 10.2 Å². The molecule has 4 rings (SSSR count). The highest BCUT2D eigenvalue weighted by Crippen LogP contribution is 2.35. The Kier molecular flexibility index (Phi) is 4.72. The van der Waals surface area contributed by atoms with Crippen LogP contribution in [0.2, 0.25) is 0 Å². The number of aromatic nitrogens is 2. The standard InChI is InChI=1S/C19H22N4S2/c1-13-18(25-14(2)20-13)16-12-24-19(22-16)21-15-8-4-5-9-17(15)23-10-6-3-7-11-23/h4-5,8-9,12H,3,6-7,10-11H2,1-2H3,(H,21,22). The van der Waals surface area contributed by atoms with Crippen molar-refractivity contribution in [2.75, 3.05) is 23.3 Å². The van der Waals surface area contributed by atoms with Gasteiger partial charge in [-0.2, -0.15) is 0 Å². The molecule has 3 aromatic rings. The SMILES string of the molecule is Cc1nc(C)c(-c2csc(Nc3ccccc3N3CCCCC3)n2)s1. The lowest BCUT2D eigenvalue weighted by Crippen LogP contribution is -2.29. The maximum absolute atomic E-state index is 4.80. The van der Waals surface area contributed by atoms with Gasteiger partial charge in [-0.25, -0.2) is 9.97 Å². The van der Waals surface area contributed by atoms with Gasteiger partial charge in [-0.05, 0) is 45.2 Å². The molecule has 0 unspecified atom stereocenters. The van der Waals surface area contributed by atoms with Crippen molar-refractivity contribution < 1.29 is 0 Å². The number of rotatable bonds is 4. The van der Waals surface area contributed by atoms with Gasteiger partial charge in [0.05, 0.1) is 32.6 Å². The topological polar surface area (TPSA) is 41.1 Å². The fourth-order valence-corrected chi connectivity index (χ4v) is 4.98. The molecule has 3 heterocycles. The molecule has 4 nitrogen and oxygen atoms in total. The molecule has 0 amide bonds. The molecule has 1 aliphatic heterocycles. The number of hydrogen-bond acceptors (Lipinski definition) is 6. The summed E-state index contributed by atoms with van der Waals surface area (Å²) in [5.41, 5.74) is 4.50. The van der Waals surface area contributed by atoms with Crippen molar-refractivity contribution in [1.29, 1.82) is 0 Å². The lowest BCUT2D eigenvalue weighted by molar-refractivity contribution is 0.578. The molecule has 1 fully saturated rings. The summed E-state index contributed by atoms with van der Waals surface area (Å²) in [5.74, 6) is 0. The van der Waals surface area contributed by atoms with E-state index in [1.54, 1.807) is 22.7 Å². The number of benzene rings is 1. The molecule has 0 aliphatic carbocycles. The van der Waals surface area contributed by atoms with Crippen LogP contribution in [0.4, 0.5) is 16.5 Å². The Morgan fingerprint density at radius 1 is 1.04 bits per heavy atom. The number of piperidine rings is 1. The molecular formula is C19H22N4S2. The number of hydrogen-bond donors (Lipinski definition) is 1. The minimum absolute atomic E-state index is 0.935. The third-order valence-electron chi connectivity index (χ3n) is 4.48. The maximum Gasteiger partial charge on any atom is 0.187 e. The predicted octanol–water partition coefficient (Wildman–Crippen LogP) is 5.62. The Balaban J connectivity index is 1.58. The molecule has 0 radical (unpaired) electrons. The highest BCUT2D eigenvalue weighted by molar-refractivity contribution is 7.16. The average molecular weight is 371 g/mol. The summed E-state index contributed by atoms with van der Waals surface area (Å²) in [7, 11) is 0. The van der Waals surface area contributed by atoms with E-state index in [4.69, 9.17) is 4.98 Å². The average Bonchev–Trinajstić information content (AvgIpc) is 3.22. The molecule has 0 atom stereocenters. The van der Waals surface area contributed by atoms with E-state index in [1.165, 1.54) is 29.8 Å². The minimum Gasteiger partial charge on any atom is -0.370 e. The highest BCUT2D eigenvalue weighted by atomic mass is 32.1. The van der Waals surface area contributed by atoms with Crippen molar-refractivity contribution in [2.24, 2.45) is 0 Å². The number of para-hydroxylation sites is 2. The van der Waals surface area contributed by atoms with E-state index in [1.807, 2.05) is 6.92 Å². The first-order valence-corrected chi connectivity index (χ1v) is 10.4. The first-order valence-electron chi connectivity index (χ1n) is 8.71. The highest BCUT2D eigenvalue weighted by Gasteiger charge is 2.16.